The van der Waals surface area contributed by atoms with Crippen LogP contribution in [0.25, 0.3) is 11.6 Å². The smallest absolute Gasteiger partial charge is 0.311 e. The van der Waals surface area contributed by atoms with Crippen LogP contribution in [0.15, 0.2) is 58.3 Å². The summed E-state index contributed by atoms with van der Waals surface area (Å²) in [5, 5.41) is 13.0. The molecule has 0 unspecified atom stereocenters. The molecule has 2 heterocycles. The van der Waals surface area contributed by atoms with E-state index in [0.29, 0.717) is 4.88 Å². The molecule has 1 aliphatic heterocycles. The second-order valence-corrected chi connectivity index (χ2v) is 7.47. The Bertz CT molecular complexity index is 1240. The van der Waals surface area contributed by atoms with Crippen molar-refractivity contribution in [2.45, 2.75) is 13.5 Å². The summed E-state index contributed by atoms with van der Waals surface area (Å²) < 4.78 is 14.2. The number of para-hydroxylation sites is 1. The summed E-state index contributed by atoms with van der Waals surface area (Å²) >= 11 is 0.841. The summed E-state index contributed by atoms with van der Waals surface area (Å²) in [5.41, 5.74) is 3.61. The van der Waals surface area contributed by atoms with Gasteiger partial charge in [0.25, 0.3) is 0 Å². The molecule has 0 bridgehead atoms. The first kappa shape index (κ1) is 18.8. The SMILES string of the molecule is CC1=Nc2ccccc2C1=Cc1sc(=O)n(CC(=O)Nc2cccc(F)c2)c1O. The van der Waals surface area contributed by atoms with Gasteiger partial charge in [0.05, 0.1) is 10.6 Å². The van der Waals surface area contributed by atoms with Crippen LogP contribution in [0.2, 0.25) is 0 Å². The van der Waals surface area contributed by atoms with Crippen LogP contribution in [0.1, 0.15) is 17.4 Å². The predicted molar refractivity (Wildman–Crippen MR) is 112 cm³/mol. The Labute approximate surface area is 169 Å². The molecule has 0 fully saturated rings. The van der Waals surface area contributed by atoms with Gasteiger partial charge in [0.1, 0.15) is 12.4 Å². The lowest BCUT2D eigenvalue weighted by Gasteiger charge is -2.06. The first-order chi connectivity index (χ1) is 13.9. The summed E-state index contributed by atoms with van der Waals surface area (Å²) in [4.78, 5) is 28.9. The van der Waals surface area contributed by atoms with Gasteiger partial charge >= 0.3 is 4.87 Å². The number of benzene rings is 2. The van der Waals surface area contributed by atoms with E-state index in [0.717, 1.165) is 38.4 Å². The van der Waals surface area contributed by atoms with Crippen molar-refractivity contribution in [1.29, 1.82) is 0 Å². The van der Waals surface area contributed by atoms with E-state index in [1.165, 1.54) is 24.3 Å². The molecule has 0 saturated carbocycles. The van der Waals surface area contributed by atoms with Gasteiger partial charge in [-0.3, -0.25) is 19.1 Å². The number of nitrogens with zero attached hydrogens (tertiary/aromatic N) is 2. The standard InChI is InChI=1S/C21H16FN3O3S/c1-12-16(15-7-2-3-8-17(15)23-12)10-18-20(27)25(21(28)29-18)11-19(26)24-14-6-4-5-13(22)9-14/h2-10,27H,11H2,1H3,(H,24,26). The van der Waals surface area contributed by atoms with Crippen molar-refractivity contribution in [3.63, 3.8) is 0 Å². The molecular formula is C21H16FN3O3S. The van der Waals surface area contributed by atoms with Gasteiger partial charge in [-0.2, -0.15) is 0 Å². The maximum absolute atomic E-state index is 13.2. The number of rotatable bonds is 4. The first-order valence-corrected chi connectivity index (χ1v) is 9.59. The normalized spacial score (nSPS) is 14.0. The quantitative estimate of drug-likeness (QED) is 0.682. The number of aromatic hydroxyl groups is 1. The van der Waals surface area contributed by atoms with Gasteiger partial charge < -0.3 is 10.4 Å². The molecule has 3 aromatic rings. The predicted octanol–water partition coefficient (Wildman–Crippen LogP) is 4.04. The van der Waals surface area contributed by atoms with Crippen molar-refractivity contribution in [3.8, 4) is 5.88 Å². The number of aromatic nitrogens is 1. The lowest BCUT2D eigenvalue weighted by atomic mass is 10.0. The molecule has 1 aliphatic rings. The van der Waals surface area contributed by atoms with Crippen molar-refractivity contribution in [2.75, 3.05) is 5.32 Å². The van der Waals surface area contributed by atoms with Crippen molar-refractivity contribution in [1.82, 2.24) is 4.57 Å². The van der Waals surface area contributed by atoms with Crippen LogP contribution in [0.3, 0.4) is 0 Å². The molecule has 146 valence electrons. The summed E-state index contributed by atoms with van der Waals surface area (Å²) in [6.07, 6.45) is 1.70. The van der Waals surface area contributed by atoms with E-state index in [9.17, 15) is 19.1 Å². The maximum atomic E-state index is 13.2. The molecule has 0 spiro atoms. The lowest BCUT2D eigenvalue weighted by Crippen LogP contribution is -2.24. The molecule has 0 saturated heterocycles. The zero-order chi connectivity index (χ0) is 20.5. The van der Waals surface area contributed by atoms with Gasteiger partial charge in [-0.15, -0.1) is 0 Å². The highest BCUT2D eigenvalue weighted by Crippen LogP contribution is 2.37. The number of carbonyl (C=O) groups is 1. The minimum Gasteiger partial charge on any atom is -0.493 e. The third-order valence-corrected chi connectivity index (χ3v) is 5.37. The maximum Gasteiger partial charge on any atom is 0.311 e. The Morgan fingerprint density at radius 3 is 2.86 bits per heavy atom. The largest absolute Gasteiger partial charge is 0.493 e. The summed E-state index contributed by atoms with van der Waals surface area (Å²) in [7, 11) is 0. The van der Waals surface area contributed by atoms with E-state index in [1.807, 2.05) is 31.2 Å². The summed E-state index contributed by atoms with van der Waals surface area (Å²) in [6, 6.07) is 13.0. The second kappa shape index (κ2) is 7.48. The minimum atomic E-state index is -0.547. The average molecular weight is 409 g/mol. The van der Waals surface area contributed by atoms with Crippen molar-refractivity contribution in [2.24, 2.45) is 4.99 Å². The Kier molecular flexibility index (Phi) is 4.85. The molecule has 1 amide bonds. The Morgan fingerprint density at radius 1 is 1.28 bits per heavy atom. The summed E-state index contributed by atoms with van der Waals surface area (Å²) in [6.45, 7) is 1.47. The van der Waals surface area contributed by atoms with Crippen molar-refractivity contribution >= 4 is 46.0 Å². The highest BCUT2D eigenvalue weighted by Gasteiger charge is 2.20. The van der Waals surface area contributed by atoms with E-state index < -0.39 is 16.6 Å². The summed E-state index contributed by atoms with van der Waals surface area (Å²) in [5.74, 6) is -1.32. The lowest BCUT2D eigenvalue weighted by molar-refractivity contribution is -0.116. The number of fused-ring (bicyclic) bond motifs is 1. The van der Waals surface area contributed by atoms with Gasteiger partial charge in [0, 0.05) is 22.5 Å². The number of hydrogen-bond donors (Lipinski definition) is 2. The average Bonchev–Trinajstić information content (AvgIpc) is 3.13. The fourth-order valence-electron chi connectivity index (χ4n) is 3.11. The zero-order valence-electron chi connectivity index (χ0n) is 15.3. The molecular weight excluding hydrogens is 393 g/mol. The molecule has 2 N–H and O–H groups in total. The molecule has 0 aliphatic carbocycles. The highest BCUT2D eigenvalue weighted by atomic mass is 32.1. The van der Waals surface area contributed by atoms with E-state index in [-0.39, 0.29) is 18.1 Å². The van der Waals surface area contributed by atoms with Crippen LogP contribution in [0.5, 0.6) is 5.88 Å². The number of allylic oxidation sites excluding steroid dienone is 1. The Hall–Kier alpha value is -3.52. The Balaban J connectivity index is 1.60. The number of anilines is 1. The van der Waals surface area contributed by atoms with Crippen LogP contribution in [-0.4, -0.2) is 21.3 Å². The number of aliphatic imine (C=N–C) groups is 1. The number of halogens is 1. The van der Waals surface area contributed by atoms with Crippen LogP contribution >= 0.6 is 11.3 Å². The van der Waals surface area contributed by atoms with Crippen molar-refractivity contribution < 1.29 is 14.3 Å². The third kappa shape index (κ3) is 3.74. The number of hydrogen-bond acceptors (Lipinski definition) is 5. The number of carbonyl (C=O) groups excluding carboxylic acids is 1. The number of nitrogens with one attached hydrogen (secondary N) is 1. The van der Waals surface area contributed by atoms with E-state index in [2.05, 4.69) is 10.3 Å². The van der Waals surface area contributed by atoms with Gasteiger partial charge in [0.2, 0.25) is 11.8 Å². The Morgan fingerprint density at radius 2 is 2.07 bits per heavy atom. The van der Waals surface area contributed by atoms with Gasteiger partial charge in [-0.1, -0.05) is 35.6 Å². The molecule has 0 radical (unpaired) electrons. The van der Waals surface area contributed by atoms with Gasteiger partial charge in [-0.05, 0) is 37.3 Å². The highest BCUT2D eigenvalue weighted by molar-refractivity contribution is 7.10. The molecule has 0 atom stereocenters. The zero-order valence-corrected chi connectivity index (χ0v) is 16.2. The monoisotopic (exact) mass is 409 g/mol. The topological polar surface area (TPSA) is 83.7 Å². The number of amides is 1. The van der Waals surface area contributed by atoms with Gasteiger partial charge in [-0.25, -0.2) is 4.39 Å². The van der Waals surface area contributed by atoms with Gasteiger partial charge in [0.15, 0.2) is 0 Å². The van der Waals surface area contributed by atoms with E-state index in [4.69, 9.17) is 0 Å². The van der Waals surface area contributed by atoms with Crippen LogP contribution < -0.4 is 10.2 Å². The number of thiazole rings is 1. The molecule has 8 heteroatoms. The second-order valence-electron chi connectivity index (χ2n) is 6.47. The van der Waals surface area contributed by atoms with Crippen molar-refractivity contribution in [3.05, 3.63) is 74.5 Å². The fourth-order valence-corrected chi connectivity index (χ4v) is 3.93. The first-order valence-electron chi connectivity index (χ1n) is 8.77. The molecule has 6 nitrogen and oxygen atoms in total. The third-order valence-electron chi connectivity index (χ3n) is 4.45. The molecule has 4 rings (SSSR count). The molecule has 2 aromatic carbocycles. The van der Waals surface area contributed by atoms with Crippen LogP contribution in [-0.2, 0) is 11.3 Å². The fraction of sp³-hybridized carbons (Fsp3) is 0.0952. The van der Waals surface area contributed by atoms with Crippen LogP contribution in [0.4, 0.5) is 15.8 Å². The van der Waals surface area contributed by atoms with Crippen LogP contribution in [0, 0.1) is 5.82 Å². The molecule has 29 heavy (non-hydrogen) atoms. The minimum absolute atomic E-state index is 0.273. The molecule has 1 aromatic heterocycles. The van der Waals surface area contributed by atoms with E-state index >= 15 is 0 Å². The van der Waals surface area contributed by atoms with E-state index in [1.54, 1.807) is 6.08 Å².